The van der Waals surface area contributed by atoms with E-state index in [0.29, 0.717) is 29.8 Å². The highest BCUT2D eigenvalue weighted by Crippen LogP contribution is 2.17. The lowest BCUT2D eigenvalue weighted by molar-refractivity contribution is 0.0951. The van der Waals surface area contributed by atoms with Crippen molar-refractivity contribution in [3.63, 3.8) is 0 Å². The Morgan fingerprint density at radius 2 is 1.84 bits per heavy atom. The Bertz CT molecular complexity index is 929. The third-order valence-electron chi connectivity index (χ3n) is 3.97. The van der Waals surface area contributed by atoms with E-state index in [1.54, 1.807) is 25.2 Å². The van der Waals surface area contributed by atoms with Crippen LogP contribution in [-0.4, -0.2) is 17.0 Å². The molecule has 6 nitrogen and oxygen atoms in total. The van der Waals surface area contributed by atoms with Gasteiger partial charge in [0, 0.05) is 13.6 Å². The first-order valence-corrected chi connectivity index (χ1v) is 7.75. The first-order chi connectivity index (χ1) is 11.6. The van der Waals surface area contributed by atoms with Gasteiger partial charge in [-0.15, -0.1) is 12.4 Å². The molecule has 7 heteroatoms. The molecule has 3 aromatic rings. The molecule has 0 atom stereocenters. The van der Waals surface area contributed by atoms with E-state index in [1.165, 1.54) is 10.1 Å². The number of para-hydroxylation sites is 1. The maximum atomic E-state index is 12.4. The summed E-state index contributed by atoms with van der Waals surface area (Å²) >= 11 is 0. The summed E-state index contributed by atoms with van der Waals surface area (Å²) in [4.78, 5) is 24.1. The normalized spacial score (nSPS) is 10.5. The quantitative estimate of drug-likeness (QED) is 0.727. The highest BCUT2D eigenvalue weighted by molar-refractivity contribution is 6.04. The molecule has 0 unspecified atom stereocenters. The van der Waals surface area contributed by atoms with Gasteiger partial charge in [0.2, 0.25) is 0 Å². The number of aromatic nitrogens is 1. The number of hydrogen-bond donors (Lipinski definition) is 2. The lowest BCUT2D eigenvalue weighted by atomic mass is 10.1. The maximum Gasteiger partial charge on any atom is 0.419 e. The lowest BCUT2D eigenvalue weighted by Crippen LogP contribution is -2.23. The van der Waals surface area contributed by atoms with Gasteiger partial charge in [-0.25, -0.2) is 4.79 Å². The molecule has 0 aliphatic heterocycles. The van der Waals surface area contributed by atoms with E-state index in [0.717, 1.165) is 12.0 Å². The Morgan fingerprint density at radius 3 is 2.52 bits per heavy atom. The first kappa shape index (κ1) is 18.8. The maximum absolute atomic E-state index is 12.4. The van der Waals surface area contributed by atoms with E-state index in [-0.39, 0.29) is 18.3 Å². The number of benzene rings is 2. The van der Waals surface area contributed by atoms with Gasteiger partial charge < -0.3 is 15.5 Å². The zero-order chi connectivity index (χ0) is 17.1. The Hall–Kier alpha value is -2.57. The van der Waals surface area contributed by atoms with Gasteiger partial charge in [0.25, 0.3) is 5.91 Å². The standard InChI is InChI=1S/C18H19N3O3.ClH/c1-21-15-4-2-3-14(16(15)24-18(21)23)17(22)20-11-13-7-5-12(6-8-13)9-10-19;/h2-8H,9-11,19H2,1H3,(H,20,22);1H. The summed E-state index contributed by atoms with van der Waals surface area (Å²) in [6.45, 7) is 1.01. The van der Waals surface area contributed by atoms with Gasteiger partial charge in [-0.05, 0) is 36.2 Å². The Balaban J connectivity index is 0.00000225. The Labute approximate surface area is 151 Å². The van der Waals surface area contributed by atoms with Gasteiger partial charge in [-0.2, -0.15) is 0 Å². The SMILES string of the molecule is Cl.Cn1c(=O)oc2c(C(=O)NCc3ccc(CCN)cc3)cccc21. The summed E-state index contributed by atoms with van der Waals surface area (Å²) in [6, 6.07) is 13.1. The smallest absolute Gasteiger partial charge is 0.407 e. The van der Waals surface area contributed by atoms with Gasteiger partial charge in [-0.1, -0.05) is 30.3 Å². The van der Waals surface area contributed by atoms with E-state index in [4.69, 9.17) is 10.2 Å². The van der Waals surface area contributed by atoms with Crippen LogP contribution < -0.4 is 16.8 Å². The molecule has 0 aliphatic carbocycles. The number of amides is 1. The molecule has 1 heterocycles. The lowest BCUT2D eigenvalue weighted by Gasteiger charge is -2.07. The summed E-state index contributed by atoms with van der Waals surface area (Å²) in [5.41, 5.74) is 8.94. The topological polar surface area (TPSA) is 90.3 Å². The van der Waals surface area contributed by atoms with Crippen molar-refractivity contribution in [1.29, 1.82) is 0 Å². The number of aryl methyl sites for hydroxylation is 1. The predicted molar refractivity (Wildman–Crippen MR) is 99.1 cm³/mol. The number of nitrogens with zero attached hydrogens (tertiary/aromatic N) is 1. The van der Waals surface area contributed by atoms with Crippen molar-refractivity contribution in [2.75, 3.05) is 6.54 Å². The average molecular weight is 362 g/mol. The molecule has 132 valence electrons. The van der Waals surface area contributed by atoms with Crippen LogP contribution >= 0.6 is 12.4 Å². The number of hydrogen-bond acceptors (Lipinski definition) is 4. The molecule has 25 heavy (non-hydrogen) atoms. The molecule has 0 fully saturated rings. The number of oxazole rings is 1. The number of carbonyl (C=O) groups excluding carboxylic acids is 1. The largest absolute Gasteiger partial charge is 0.419 e. The molecule has 1 aromatic heterocycles. The minimum atomic E-state index is -0.485. The van der Waals surface area contributed by atoms with E-state index in [2.05, 4.69) is 5.32 Å². The van der Waals surface area contributed by atoms with E-state index in [1.807, 2.05) is 24.3 Å². The number of nitrogens with two attached hydrogens (primary N) is 1. The number of halogens is 1. The molecular formula is C18H20ClN3O3. The third kappa shape index (κ3) is 3.92. The van der Waals surface area contributed by atoms with Gasteiger partial charge in [0.05, 0.1) is 11.1 Å². The molecule has 0 bridgehead atoms. The Morgan fingerprint density at radius 1 is 1.16 bits per heavy atom. The van der Waals surface area contributed by atoms with Crippen LogP contribution in [0, 0.1) is 0 Å². The monoisotopic (exact) mass is 361 g/mol. The number of rotatable bonds is 5. The van der Waals surface area contributed by atoms with Gasteiger partial charge in [-0.3, -0.25) is 9.36 Å². The van der Waals surface area contributed by atoms with Crippen molar-refractivity contribution in [1.82, 2.24) is 9.88 Å². The van der Waals surface area contributed by atoms with Crippen LogP contribution in [0.4, 0.5) is 0 Å². The molecule has 3 N–H and O–H groups in total. The zero-order valence-corrected chi connectivity index (χ0v) is 14.6. The summed E-state index contributed by atoms with van der Waals surface area (Å²) in [6.07, 6.45) is 0.835. The fraction of sp³-hybridized carbons (Fsp3) is 0.222. The second-order valence-corrected chi connectivity index (χ2v) is 5.62. The highest BCUT2D eigenvalue weighted by atomic mass is 35.5. The van der Waals surface area contributed by atoms with Gasteiger partial charge >= 0.3 is 5.76 Å². The fourth-order valence-corrected chi connectivity index (χ4v) is 2.60. The number of fused-ring (bicyclic) bond motifs is 1. The van der Waals surface area contributed by atoms with E-state index >= 15 is 0 Å². The van der Waals surface area contributed by atoms with Crippen molar-refractivity contribution in [2.45, 2.75) is 13.0 Å². The Kier molecular flexibility index (Phi) is 6.01. The van der Waals surface area contributed by atoms with Crippen LogP contribution in [0.15, 0.2) is 51.7 Å². The van der Waals surface area contributed by atoms with Crippen molar-refractivity contribution in [3.8, 4) is 0 Å². The van der Waals surface area contributed by atoms with E-state index < -0.39 is 5.76 Å². The molecule has 2 aromatic carbocycles. The molecule has 0 saturated heterocycles. The molecule has 0 radical (unpaired) electrons. The van der Waals surface area contributed by atoms with Crippen molar-refractivity contribution < 1.29 is 9.21 Å². The zero-order valence-electron chi connectivity index (χ0n) is 13.8. The number of carbonyl (C=O) groups is 1. The first-order valence-electron chi connectivity index (χ1n) is 7.75. The minimum absolute atomic E-state index is 0. The summed E-state index contributed by atoms with van der Waals surface area (Å²) in [5.74, 6) is -0.762. The van der Waals surface area contributed by atoms with Crippen LogP contribution in [0.5, 0.6) is 0 Å². The highest BCUT2D eigenvalue weighted by Gasteiger charge is 2.15. The van der Waals surface area contributed by atoms with Crippen LogP contribution in [0.1, 0.15) is 21.5 Å². The van der Waals surface area contributed by atoms with Crippen LogP contribution in [0.25, 0.3) is 11.1 Å². The second kappa shape index (κ2) is 8.00. The van der Waals surface area contributed by atoms with Crippen molar-refractivity contribution in [2.24, 2.45) is 12.8 Å². The third-order valence-corrected chi connectivity index (χ3v) is 3.97. The molecule has 0 saturated carbocycles. The average Bonchev–Trinajstić information content (AvgIpc) is 2.89. The molecule has 0 spiro atoms. The second-order valence-electron chi connectivity index (χ2n) is 5.62. The summed E-state index contributed by atoms with van der Waals surface area (Å²) in [7, 11) is 1.61. The molecule has 1 amide bonds. The molecule has 3 rings (SSSR count). The summed E-state index contributed by atoms with van der Waals surface area (Å²) < 4.78 is 6.56. The molecular weight excluding hydrogens is 342 g/mol. The van der Waals surface area contributed by atoms with Crippen LogP contribution in [-0.2, 0) is 20.0 Å². The number of nitrogens with one attached hydrogen (secondary N) is 1. The summed E-state index contributed by atoms with van der Waals surface area (Å²) in [5, 5.41) is 2.85. The van der Waals surface area contributed by atoms with Crippen LogP contribution in [0.2, 0.25) is 0 Å². The van der Waals surface area contributed by atoms with E-state index in [9.17, 15) is 9.59 Å². The van der Waals surface area contributed by atoms with Crippen molar-refractivity contribution >= 4 is 29.4 Å². The van der Waals surface area contributed by atoms with Gasteiger partial charge in [0.1, 0.15) is 0 Å². The van der Waals surface area contributed by atoms with Crippen LogP contribution in [0.3, 0.4) is 0 Å². The minimum Gasteiger partial charge on any atom is -0.407 e. The predicted octanol–water partition coefficient (Wildman–Crippen LogP) is 1.98. The van der Waals surface area contributed by atoms with Crippen molar-refractivity contribution in [3.05, 3.63) is 69.7 Å². The molecule has 0 aliphatic rings. The van der Waals surface area contributed by atoms with Gasteiger partial charge in [0.15, 0.2) is 5.58 Å². The fourth-order valence-electron chi connectivity index (χ4n) is 2.60.